The van der Waals surface area contributed by atoms with Crippen LogP contribution in [0.25, 0.3) is 0 Å². The molecule has 0 spiro atoms. The molecule has 2 N–H and O–H groups in total. The van der Waals surface area contributed by atoms with Gasteiger partial charge >= 0.3 is 0 Å². The fourth-order valence-electron chi connectivity index (χ4n) is 8.82. The summed E-state index contributed by atoms with van der Waals surface area (Å²) < 4.78 is 2.92. The van der Waals surface area contributed by atoms with Crippen molar-refractivity contribution in [2.45, 2.75) is 157 Å². The molecule has 0 heterocycles. The summed E-state index contributed by atoms with van der Waals surface area (Å²) in [7, 11) is 1.84. The summed E-state index contributed by atoms with van der Waals surface area (Å²) in [6.45, 7) is 21.8. The zero-order valence-electron chi connectivity index (χ0n) is 30.0. The number of phenols is 1. The highest BCUT2D eigenvalue weighted by Crippen LogP contribution is 2.57. The van der Waals surface area contributed by atoms with Crippen LogP contribution in [0, 0.1) is 46.3 Å². The Labute approximate surface area is 272 Å². The van der Waals surface area contributed by atoms with Crippen molar-refractivity contribution in [3.8, 4) is 5.75 Å². The number of hydrogen-bond donors (Lipinski definition) is 2. The van der Waals surface area contributed by atoms with Crippen LogP contribution >= 0.6 is 11.9 Å². The lowest BCUT2D eigenvalue weighted by atomic mass is 9.57. The maximum atomic E-state index is 11.0. The van der Waals surface area contributed by atoms with Crippen LogP contribution in [0.1, 0.15) is 152 Å². The standard InChI is InChI=1S/C30H56O.C7H9NOS.C2H6/c1-8-15-26(25(5)30(7)20-13-11-10-12-17-24(30)4)22-27-18-19-28(29(27,6)9-2)23(3)16-14-21-31;1-8-10-7-4-2-3-6(9)5-7;1-2/h21,23-28H,8-20,22H2,1-7H3;2-5,8-9H,1H3;1-2H3. The highest BCUT2D eigenvalue weighted by Gasteiger charge is 2.49. The van der Waals surface area contributed by atoms with E-state index < -0.39 is 0 Å². The van der Waals surface area contributed by atoms with E-state index in [4.69, 9.17) is 5.11 Å². The Bertz CT molecular complexity index is 877. The van der Waals surface area contributed by atoms with Gasteiger partial charge in [0.1, 0.15) is 12.0 Å². The van der Waals surface area contributed by atoms with Crippen molar-refractivity contribution in [3.63, 3.8) is 0 Å². The molecule has 3 nitrogen and oxygen atoms in total. The molecule has 2 aliphatic carbocycles. The maximum Gasteiger partial charge on any atom is 0.120 e. The first-order valence-electron chi connectivity index (χ1n) is 18.1. The quantitative estimate of drug-likeness (QED) is 0.171. The lowest BCUT2D eigenvalue weighted by Crippen LogP contribution is -2.39. The molecule has 0 bridgehead atoms. The fourth-order valence-corrected chi connectivity index (χ4v) is 9.38. The van der Waals surface area contributed by atoms with Crippen LogP contribution in [0.3, 0.4) is 0 Å². The van der Waals surface area contributed by atoms with E-state index in [2.05, 4.69) is 53.2 Å². The zero-order valence-corrected chi connectivity index (χ0v) is 30.8. The summed E-state index contributed by atoms with van der Waals surface area (Å²) in [6, 6.07) is 7.11. The van der Waals surface area contributed by atoms with Gasteiger partial charge in [0.25, 0.3) is 0 Å². The average Bonchev–Trinajstić information content (AvgIpc) is 3.33. The van der Waals surface area contributed by atoms with E-state index in [0.29, 0.717) is 22.5 Å². The molecule has 250 valence electrons. The van der Waals surface area contributed by atoms with Gasteiger partial charge in [-0.1, -0.05) is 120 Å². The number of aldehydes is 1. The van der Waals surface area contributed by atoms with Gasteiger partial charge in [-0.3, -0.25) is 4.72 Å². The minimum Gasteiger partial charge on any atom is -0.508 e. The number of aromatic hydroxyl groups is 1. The molecule has 2 fully saturated rings. The Balaban J connectivity index is 0.000000644. The van der Waals surface area contributed by atoms with Gasteiger partial charge in [-0.25, -0.2) is 0 Å². The molecule has 8 atom stereocenters. The molecule has 0 amide bonds. The minimum atomic E-state index is 0.306. The van der Waals surface area contributed by atoms with Crippen LogP contribution in [-0.2, 0) is 4.79 Å². The third kappa shape index (κ3) is 11.7. The molecule has 0 saturated heterocycles. The molecule has 43 heavy (non-hydrogen) atoms. The van der Waals surface area contributed by atoms with E-state index in [-0.39, 0.29) is 0 Å². The SMILES string of the molecule is CC.CCCC(CC1CCC(C(C)CCC=O)C1(C)CC)C(C)C1(C)CCCCCCC1C.CNSc1cccc(O)c1. The van der Waals surface area contributed by atoms with Crippen molar-refractivity contribution in [2.24, 2.45) is 46.3 Å². The first kappa shape index (κ1) is 40.0. The van der Waals surface area contributed by atoms with Crippen molar-refractivity contribution < 1.29 is 9.90 Å². The van der Waals surface area contributed by atoms with Crippen LogP contribution in [0.4, 0.5) is 0 Å². The van der Waals surface area contributed by atoms with Crippen LogP contribution in [-0.4, -0.2) is 18.4 Å². The Hall–Kier alpha value is -1.00. The summed E-state index contributed by atoms with van der Waals surface area (Å²) in [5, 5.41) is 9.00. The number of hydrogen-bond acceptors (Lipinski definition) is 4. The Morgan fingerprint density at radius 2 is 1.74 bits per heavy atom. The van der Waals surface area contributed by atoms with Gasteiger partial charge in [-0.15, -0.1) is 0 Å². The van der Waals surface area contributed by atoms with Gasteiger partial charge in [-0.2, -0.15) is 0 Å². The van der Waals surface area contributed by atoms with Crippen LogP contribution in [0.2, 0.25) is 0 Å². The molecule has 1 aromatic carbocycles. The van der Waals surface area contributed by atoms with E-state index in [1.807, 2.05) is 33.0 Å². The fraction of sp³-hybridized carbons (Fsp3) is 0.821. The molecule has 0 aromatic heterocycles. The summed E-state index contributed by atoms with van der Waals surface area (Å²) in [6.07, 6.45) is 19.9. The van der Waals surface area contributed by atoms with Crippen molar-refractivity contribution in [2.75, 3.05) is 7.05 Å². The number of benzene rings is 1. The van der Waals surface area contributed by atoms with E-state index in [1.54, 1.807) is 12.1 Å². The topological polar surface area (TPSA) is 49.3 Å². The lowest BCUT2D eigenvalue weighted by molar-refractivity contribution is -0.108. The highest BCUT2D eigenvalue weighted by molar-refractivity contribution is 7.97. The lowest BCUT2D eigenvalue weighted by Gasteiger charge is -2.48. The molecule has 2 aliphatic rings. The normalized spacial score (nSPS) is 29.5. The first-order chi connectivity index (χ1) is 20.6. The summed E-state index contributed by atoms with van der Waals surface area (Å²) in [5.74, 6) is 5.22. The van der Waals surface area contributed by atoms with Crippen LogP contribution < -0.4 is 4.72 Å². The van der Waals surface area contributed by atoms with Crippen molar-refractivity contribution in [1.29, 1.82) is 0 Å². The van der Waals surface area contributed by atoms with Gasteiger partial charge in [0.2, 0.25) is 0 Å². The molecule has 2 saturated carbocycles. The highest BCUT2D eigenvalue weighted by atomic mass is 32.2. The predicted octanol–water partition coefficient (Wildman–Crippen LogP) is 12.1. The van der Waals surface area contributed by atoms with Crippen LogP contribution in [0.15, 0.2) is 29.2 Å². The molecule has 0 aliphatic heterocycles. The minimum absolute atomic E-state index is 0.306. The van der Waals surface area contributed by atoms with Gasteiger partial charge in [-0.05, 0) is 116 Å². The number of rotatable bonds is 13. The Morgan fingerprint density at radius 3 is 2.35 bits per heavy atom. The van der Waals surface area contributed by atoms with Gasteiger partial charge in [0, 0.05) is 11.3 Å². The molecule has 0 radical (unpaired) electrons. The predicted molar refractivity (Wildman–Crippen MR) is 191 cm³/mol. The second kappa shape index (κ2) is 20.9. The van der Waals surface area contributed by atoms with E-state index >= 15 is 0 Å². The Morgan fingerprint density at radius 1 is 1.05 bits per heavy atom. The van der Waals surface area contributed by atoms with Crippen molar-refractivity contribution >= 4 is 18.2 Å². The number of nitrogens with one attached hydrogen (secondary N) is 1. The largest absolute Gasteiger partial charge is 0.508 e. The molecular weight excluding hydrogens is 547 g/mol. The van der Waals surface area contributed by atoms with E-state index in [9.17, 15) is 4.79 Å². The van der Waals surface area contributed by atoms with Crippen LogP contribution in [0.5, 0.6) is 5.75 Å². The molecule has 1 aromatic rings. The summed E-state index contributed by atoms with van der Waals surface area (Å²) in [4.78, 5) is 12.0. The monoisotopic (exact) mass is 618 g/mol. The molecule has 3 rings (SSSR count). The third-order valence-electron chi connectivity index (χ3n) is 12.1. The number of carbonyl (C=O) groups excluding carboxylic acids is 1. The number of carbonyl (C=O) groups is 1. The summed E-state index contributed by atoms with van der Waals surface area (Å²) >= 11 is 1.48. The Kier molecular flexibility index (Phi) is 19.5. The number of phenolic OH excluding ortho intramolecular Hbond substituents is 1. The van der Waals surface area contributed by atoms with Gasteiger partial charge in [0.15, 0.2) is 0 Å². The molecule has 8 unspecified atom stereocenters. The van der Waals surface area contributed by atoms with E-state index in [1.165, 1.54) is 89.0 Å². The first-order valence-corrected chi connectivity index (χ1v) is 18.9. The molecule has 4 heteroatoms. The van der Waals surface area contributed by atoms with Gasteiger partial charge < -0.3 is 9.90 Å². The third-order valence-corrected chi connectivity index (χ3v) is 12.7. The zero-order chi connectivity index (χ0) is 32.5. The second-order valence-electron chi connectivity index (χ2n) is 14.2. The van der Waals surface area contributed by atoms with Crippen molar-refractivity contribution in [3.05, 3.63) is 24.3 Å². The van der Waals surface area contributed by atoms with Gasteiger partial charge in [0.05, 0.1) is 0 Å². The second-order valence-corrected chi connectivity index (χ2v) is 15.3. The smallest absolute Gasteiger partial charge is 0.120 e. The van der Waals surface area contributed by atoms with E-state index in [0.717, 1.165) is 53.6 Å². The maximum absolute atomic E-state index is 11.0. The molecular formula is C39H71NO2S. The summed E-state index contributed by atoms with van der Waals surface area (Å²) in [5.41, 5.74) is 0.972. The average molecular weight is 618 g/mol. The van der Waals surface area contributed by atoms with Crippen molar-refractivity contribution in [1.82, 2.24) is 4.72 Å².